The Kier molecular flexibility index (Phi) is 13.3. The van der Waals surface area contributed by atoms with Crippen LogP contribution in [0.3, 0.4) is 0 Å². The molecule has 0 aliphatic rings. The summed E-state index contributed by atoms with van der Waals surface area (Å²) in [5, 5.41) is 8.89. The second kappa shape index (κ2) is 17.8. The fourth-order valence-electron chi connectivity index (χ4n) is 5.70. The summed E-state index contributed by atoms with van der Waals surface area (Å²) in [5.41, 5.74) is 1.87. The average Bonchev–Trinajstić information content (AvgIpc) is 3.11. The van der Waals surface area contributed by atoms with Gasteiger partial charge in [-0.15, -0.1) is 0 Å². The normalized spacial score (nSPS) is 11.9. The Bertz CT molecular complexity index is 1580. The van der Waals surface area contributed by atoms with Gasteiger partial charge in [0.2, 0.25) is 17.7 Å². The maximum absolute atomic E-state index is 14.2. The number of likely N-dealkylation sites (N-methyl/N-ethyl adjacent to an activating group) is 1. The van der Waals surface area contributed by atoms with E-state index >= 15 is 0 Å². The SMILES string of the molecule is CN(CCNC(=O)[C@@H](CC(=O)NC(c1ccccc1)(c1ccccc1)c1ccccc1)NC(=O)CCCc1ccccc1)C(=O)OC(C)(C)C. The highest BCUT2D eigenvalue weighted by atomic mass is 16.6. The summed E-state index contributed by atoms with van der Waals surface area (Å²) in [4.78, 5) is 54.8. The third-order valence-electron chi connectivity index (χ3n) is 8.15. The van der Waals surface area contributed by atoms with Crippen LogP contribution in [0.4, 0.5) is 4.79 Å². The number of ether oxygens (including phenoxy) is 1. The second-order valence-electron chi connectivity index (χ2n) is 13.3. The smallest absolute Gasteiger partial charge is 0.410 e. The van der Waals surface area contributed by atoms with Crippen LogP contribution in [-0.4, -0.2) is 60.5 Å². The maximum Gasteiger partial charge on any atom is 0.410 e. The summed E-state index contributed by atoms with van der Waals surface area (Å²) in [6.07, 6.45) is 0.635. The maximum atomic E-state index is 14.2. The summed E-state index contributed by atoms with van der Waals surface area (Å²) in [5.74, 6) is -1.30. The fraction of sp³-hybridized carbons (Fsp3) is 0.317. The number of carbonyl (C=O) groups is 4. The van der Waals surface area contributed by atoms with Gasteiger partial charge in [0.05, 0.1) is 6.42 Å². The molecule has 0 unspecified atom stereocenters. The zero-order valence-corrected chi connectivity index (χ0v) is 29.4. The molecule has 0 aromatic heterocycles. The average molecular weight is 677 g/mol. The molecule has 0 aliphatic heterocycles. The lowest BCUT2D eigenvalue weighted by molar-refractivity contribution is -0.132. The third kappa shape index (κ3) is 10.8. The second-order valence-corrected chi connectivity index (χ2v) is 13.3. The highest BCUT2D eigenvalue weighted by Gasteiger charge is 2.39. The van der Waals surface area contributed by atoms with Crippen LogP contribution in [0.25, 0.3) is 0 Å². The molecular weight excluding hydrogens is 628 g/mol. The fourth-order valence-corrected chi connectivity index (χ4v) is 5.70. The van der Waals surface area contributed by atoms with E-state index in [0.717, 1.165) is 22.3 Å². The number of nitrogens with zero attached hydrogens (tertiary/aromatic N) is 1. The first kappa shape index (κ1) is 37.4. The number of carbonyl (C=O) groups excluding carboxylic acids is 4. The molecule has 0 aliphatic carbocycles. The number of amides is 4. The summed E-state index contributed by atoms with van der Waals surface area (Å²) < 4.78 is 5.40. The van der Waals surface area contributed by atoms with Gasteiger partial charge in [0.1, 0.15) is 17.2 Å². The Morgan fingerprint density at radius 1 is 0.700 bits per heavy atom. The van der Waals surface area contributed by atoms with Gasteiger partial charge in [-0.25, -0.2) is 4.79 Å². The van der Waals surface area contributed by atoms with Gasteiger partial charge >= 0.3 is 6.09 Å². The molecule has 0 saturated carbocycles. The Balaban J connectivity index is 1.55. The third-order valence-corrected chi connectivity index (χ3v) is 8.15. The van der Waals surface area contributed by atoms with Crippen molar-refractivity contribution in [3.8, 4) is 0 Å². The molecule has 4 aromatic carbocycles. The van der Waals surface area contributed by atoms with Gasteiger partial charge in [0, 0.05) is 26.6 Å². The number of benzene rings is 4. The van der Waals surface area contributed by atoms with E-state index in [-0.39, 0.29) is 31.8 Å². The molecule has 0 spiro atoms. The van der Waals surface area contributed by atoms with Gasteiger partial charge < -0.3 is 25.6 Å². The summed E-state index contributed by atoms with van der Waals surface area (Å²) >= 11 is 0. The minimum atomic E-state index is -1.16. The van der Waals surface area contributed by atoms with E-state index < -0.39 is 35.1 Å². The van der Waals surface area contributed by atoms with Gasteiger partial charge in [-0.05, 0) is 55.9 Å². The molecule has 4 amide bonds. The van der Waals surface area contributed by atoms with E-state index in [2.05, 4.69) is 16.0 Å². The van der Waals surface area contributed by atoms with Gasteiger partial charge in [0.25, 0.3) is 0 Å². The van der Waals surface area contributed by atoms with Gasteiger partial charge in [-0.3, -0.25) is 14.4 Å². The number of hydrogen-bond donors (Lipinski definition) is 3. The van der Waals surface area contributed by atoms with E-state index in [9.17, 15) is 19.2 Å². The molecular formula is C41H48N4O5. The van der Waals surface area contributed by atoms with Gasteiger partial charge in [-0.2, -0.15) is 0 Å². The lowest BCUT2D eigenvalue weighted by Gasteiger charge is -2.37. The molecule has 0 heterocycles. The molecule has 0 fully saturated rings. The first-order valence-corrected chi connectivity index (χ1v) is 17.0. The van der Waals surface area contributed by atoms with Crippen molar-refractivity contribution in [2.45, 2.75) is 63.6 Å². The summed E-state index contributed by atoms with van der Waals surface area (Å²) in [6.45, 7) is 5.60. The first-order valence-electron chi connectivity index (χ1n) is 17.0. The van der Waals surface area contributed by atoms with Crippen LogP contribution in [-0.2, 0) is 31.1 Å². The van der Waals surface area contributed by atoms with Crippen molar-refractivity contribution < 1.29 is 23.9 Å². The Hall–Kier alpha value is -5.44. The highest BCUT2D eigenvalue weighted by Crippen LogP contribution is 2.37. The monoisotopic (exact) mass is 676 g/mol. The van der Waals surface area contributed by atoms with Gasteiger partial charge in [0.15, 0.2) is 0 Å². The molecule has 50 heavy (non-hydrogen) atoms. The molecule has 0 bridgehead atoms. The van der Waals surface area contributed by atoms with Crippen molar-refractivity contribution >= 4 is 23.8 Å². The topological polar surface area (TPSA) is 117 Å². The van der Waals surface area contributed by atoms with Crippen molar-refractivity contribution in [2.24, 2.45) is 0 Å². The first-order chi connectivity index (χ1) is 24.0. The lowest BCUT2D eigenvalue weighted by Crippen LogP contribution is -2.53. The minimum absolute atomic E-state index is 0.0958. The number of nitrogens with one attached hydrogen (secondary N) is 3. The van der Waals surface area contributed by atoms with Crippen molar-refractivity contribution in [3.63, 3.8) is 0 Å². The standard InChI is InChI=1S/C41H48N4O5/c1-40(2,3)50-39(49)45(4)29-28-42-38(48)35(43-36(46)27-17-20-31-18-9-5-10-19-31)30-37(47)44-41(32-21-11-6-12-22-32,33-23-13-7-14-24-33)34-25-15-8-16-26-34/h5-16,18-19,21-26,35H,17,20,27-30H2,1-4H3,(H,42,48)(H,43,46)(H,44,47)/t35-/m1/s1. The molecule has 262 valence electrons. The predicted octanol–water partition coefficient (Wildman–Crippen LogP) is 5.98. The van der Waals surface area contributed by atoms with Crippen molar-refractivity contribution in [2.75, 3.05) is 20.1 Å². The van der Waals surface area contributed by atoms with Gasteiger partial charge in [-0.1, -0.05) is 121 Å². The van der Waals surface area contributed by atoms with Crippen LogP contribution in [0, 0.1) is 0 Å². The lowest BCUT2D eigenvalue weighted by atomic mass is 9.77. The molecule has 0 radical (unpaired) electrons. The molecule has 1 atom stereocenters. The number of hydrogen-bond acceptors (Lipinski definition) is 5. The molecule has 9 nitrogen and oxygen atoms in total. The molecule has 4 rings (SSSR count). The van der Waals surface area contributed by atoms with E-state index in [1.54, 1.807) is 27.8 Å². The van der Waals surface area contributed by atoms with Crippen molar-refractivity contribution in [1.82, 2.24) is 20.9 Å². The number of rotatable bonds is 15. The van der Waals surface area contributed by atoms with Crippen LogP contribution in [0.5, 0.6) is 0 Å². The van der Waals surface area contributed by atoms with Crippen molar-refractivity contribution in [3.05, 3.63) is 144 Å². The number of aryl methyl sites for hydroxylation is 1. The van der Waals surface area contributed by atoms with E-state index in [1.165, 1.54) is 4.90 Å². The Morgan fingerprint density at radius 2 is 1.18 bits per heavy atom. The van der Waals surface area contributed by atoms with Crippen LogP contribution in [0.1, 0.15) is 62.3 Å². The molecule has 3 N–H and O–H groups in total. The highest BCUT2D eigenvalue weighted by molar-refractivity contribution is 5.92. The predicted molar refractivity (Wildman–Crippen MR) is 195 cm³/mol. The Morgan fingerprint density at radius 3 is 1.66 bits per heavy atom. The van der Waals surface area contributed by atoms with Crippen LogP contribution in [0.2, 0.25) is 0 Å². The van der Waals surface area contributed by atoms with Crippen LogP contribution < -0.4 is 16.0 Å². The molecule has 4 aromatic rings. The largest absolute Gasteiger partial charge is 0.444 e. The Labute approximate surface area is 295 Å². The molecule has 0 saturated heterocycles. The van der Waals surface area contributed by atoms with E-state index in [0.29, 0.717) is 12.8 Å². The zero-order valence-electron chi connectivity index (χ0n) is 29.4. The quantitative estimate of drug-likeness (QED) is 0.134. The summed E-state index contributed by atoms with van der Waals surface area (Å²) in [6, 6.07) is 37.7. The van der Waals surface area contributed by atoms with Crippen LogP contribution >= 0.6 is 0 Å². The summed E-state index contributed by atoms with van der Waals surface area (Å²) in [7, 11) is 1.58. The minimum Gasteiger partial charge on any atom is -0.444 e. The zero-order chi connectivity index (χ0) is 36.0. The van der Waals surface area contributed by atoms with E-state index in [4.69, 9.17) is 4.74 Å². The molecule has 9 heteroatoms. The van der Waals surface area contributed by atoms with E-state index in [1.807, 2.05) is 121 Å². The van der Waals surface area contributed by atoms with Crippen molar-refractivity contribution in [1.29, 1.82) is 0 Å². The van der Waals surface area contributed by atoms with Crippen LogP contribution in [0.15, 0.2) is 121 Å².